The lowest BCUT2D eigenvalue weighted by atomic mass is 9.93. The molecule has 1 aliphatic carbocycles. The summed E-state index contributed by atoms with van der Waals surface area (Å²) in [5.74, 6) is 1.08. The van der Waals surface area contributed by atoms with Gasteiger partial charge in [-0.25, -0.2) is 9.59 Å². The van der Waals surface area contributed by atoms with Gasteiger partial charge in [0.05, 0.1) is 17.7 Å². The molecule has 3 amide bonds. The fraction of sp³-hybridized carbons (Fsp3) is 0.406. The van der Waals surface area contributed by atoms with E-state index in [0.717, 1.165) is 30.8 Å². The van der Waals surface area contributed by atoms with E-state index in [9.17, 15) is 14.4 Å². The Balaban J connectivity index is 1.44. The first-order valence-electron chi connectivity index (χ1n) is 14.1. The highest BCUT2D eigenvalue weighted by Crippen LogP contribution is 2.35. The average molecular weight is 580 g/mol. The van der Waals surface area contributed by atoms with Crippen molar-refractivity contribution in [2.75, 3.05) is 20.1 Å². The molecular formula is C32H38ClN3O5. The molecule has 0 fully saturated rings. The Morgan fingerprint density at radius 2 is 1.90 bits per heavy atom. The van der Waals surface area contributed by atoms with Crippen molar-refractivity contribution in [1.82, 2.24) is 15.1 Å². The van der Waals surface area contributed by atoms with Crippen LogP contribution in [0.1, 0.15) is 74.8 Å². The molecule has 0 radical (unpaired) electrons. The molecule has 218 valence electrons. The van der Waals surface area contributed by atoms with Crippen molar-refractivity contribution in [2.45, 2.75) is 65.0 Å². The summed E-state index contributed by atoms with van der Waals surface area (Å²) in [6, 6.07) is 13.3. The first-order valence-corrected chi connectivity index (χ1v) is 14.5. The quantitative estimate of drug-likeness (QED) is 0.319. The third-order valence-electron chi connectivity index (χ3n) is 7.11. The summed E-state index contributed by atoms with van der Waals surface area (Å²) in [6.45, 7) is 5.96. The number of nitrogens with zero attached hydrogens (tertiary/aromatic N) is 2. The van der Waals surface area contributed by atoms with Gasteiger partial charge in [-0.3, -0.25) is 4.79 Å². The number of carbonyl (C=O) groups is 3. The van der Waals surface area contributed by atoms with Crippen molar-refractivity contribution in [2.24, 2.45) is 0 Å². The SMILES string of the molecule is CC1=C(C(=O)OC(C)C)C(c2cccc(Cl)c2)N(CCCN(C)C(=O)c2ccc(OC3=CCCCC3)cc2)C(=O)N1. The van der Waals surface area contributed by atoms with E-state index < -0.39 is 12.0 Å². The minimum atomic E-state index is -0.679. The Labute approximate surface area is 246 Å². The number of allylic oxidation sites excluding steroid dienone is 3. The van der Waals surface area contributed by atoms with Crippen LogP contribution in [0, 0.1) is 0 Å². The van der Waals surface area contributed by atoms with Gasteiger partial charge in [0.2, 0.25) is 0 Å². The van der Waals surface area contributed by atoms with Crippen LogP contribution in [0.2, 0.25) is 5.02 Å². The number of nitrogens with one attached hydrogen (secondary N) is 1. The van der Waals surface area contributed by atoms with Gasteiger partial charge in [-0.05, 0) is 94.5 Å². The van der Waals surface area contributed by atoms with Crippen LogP contribution in [0.4, 0.5) is 4.79 Å². The van der Waals surface area contributed by atoms with Crippen molar-refractivity contribution in [3.05, 3.63) is 87.8 Å². The average Bonchev–Trinajstić information content (AvgIpc) is 2.94. The fourth-order valence-corrected chi connectivity index (χ4v) is 5.29. The van der Waals surface area contributed by atoms with Gasteiger partial charge in [-0.1, -0.05) is 23.7 Å². The second-order valence-corrected chi connectivity index (χ2v) is 11.1. The number of ether oxygens (including phenoxy) is 2. The minimum absolute atomic E-state index is 0.125. The molecule has 4 rings (SSSR count). The van der Waals surface area contributed by atoms with Crippen molar-refractivity contribution in [3.63, 3.8) is 0 Å². The van der Waals surface area contributed by atoms with Gasteiger partial charge in [0.1, 0.15) is 11.5 Å². The van der Waals surface area contributed by atoms with Crippen LogP contribution in [0.25, 0.3) is 0 Å². The molecule has 9 heteroatoms. The van der Waals surface area contributed by atoms with E-state index >= 15 is 0 Å². The molecule has 0 saturated carbocycles. The second kappa shape index (κ2) is 13.7. The molecular weight excluding hydrogens is 542 g/mol. The molecule has 0 saturated heterocycles. The number of hydrogen-bond acceptors (Lipinski definition) is 5. The maximum atomic E-state index is 13.2. The number of amides is 3. The van der Waals surface area contributed by atoms with Crippen molar-refractivity contribution in [3.8, 4) is 5.75 Å². The standard InChI is InChI=1S/C32H38ClN3O5/c1-21(2)40-31(38)28-22(3)34-32(39)36(29(28)24-10-8-11-25(33)20-24)19-9-18-35(4)30(37)23-14-16-27(17-15-23)41-26-12-6-5-7-13-26/h8,10-12,14-17,20-21,29H,5-7,9,13,18-19H2,1-4H3,(H,34,39). The monoisotopic (exact) mass is 579 g/mol. The third kappa shape index (κ3) is 7.70. The number of esters is 1. The Kier molecular flexibility index (Phi) is 10.1. The summed E-state index contributed by atoms with van der Waals surface area (Å²) in [4.78, 5) is 42.6. The van der Waals surface area contributed by atoms with Gasteiger partial charge in [0.25, 0.3) is 5.91 Å². The molecule has 2 aromatic carbocycles. The number of benzene rings is 2. The molecule has 0 aromatic heterocycles. The van der Waals surface area contributed by atoms with Gasteiger partial charge in [0.15, 0.2) is 0 Å². The second-order valence-electron chi connectivity index (χ2n) is 10.7. The third-order valence-corrected chi connectivity index (χ3v) is 7.35. The fourth-order valence-electron chi connectivity index (χ4n) is 5.09. The number of carbonyl (C=O) groups excluding carboxylic acids is 3. The minimum Gasteiger partial charge on any atom is -0.462 e. The summed E-state index contributed by atoms with van der Waals surface area (Å²) >= 11 is 6.29. The Bertz CT molecular complexity index is 1340. The van der Waals surface area contributed by atoms with Crippen LogP contribution in [-0.4, -0.2) is 53.9 Å². The first-order chi connectivity index (χ1) is 19.6. The van der Waals surface area contributed by atoms with Crippen molar-refractivity contribution < 1.29 is 23.9 Å². The molecule has 1 unspecified atom stereocenters. The molecule has 1 aliphatic heterocycles. The lowest BCUT2D eigenvalue weighted by Crippen LogP contribution is -2.49. The highest BCUT2D eigenvalue weighted by molar-refractivity contribution is 6.30. The lowest BCUT2D eigenvalue weighted by molar-refractivity contribution is -0.143. The molecule has 0 spiro atoms. The molecule has 0 bridgehead atoms. The van der Waals surface area contributed by atoms with E-state index in [1.54, 1.807) is 68.0 Å². The molecule has 1 heterocycles. The van der Waals surface area contributed by atoms with Crippen LogP contribution in [0.15, 0.2) is 71.6 Å². The molecule has 1 N–H and O–H groups in total. The summed E-state index contributed by atoms with van der Waals surface area (Å²) in [7, 11) is 1.74. The summed E-state index contributed by atoms with van der Waals surface area (Å²) in [5.41, 5.74) is 2.07. The van der Waals surface area contributed by atoms with E-state index in [-0.39, 0.29) is 18.0 Å². The molecule has 2 aliphatic rings. The number of rotatable bonds is 10. The zero-order valence-corrected chi connectivity index (χ0v) is 24.9. The van der Waals surface area contributed by atoms with Crippen LogP contribution >= 0.6 is 11.6 Å². The van der Waals surface area contributed by atoms with Gasteiger partial charge < -0.3 is 24.6 Å². The highest BCUT2D eigenvalue weighted by Gasteiger charge is 2.38. The Morgan fingerprint density at radius 1 is 1.15 bits per heavy atom. The Hall–Kier alpha value is -3.78. The normalized spacial score (nSPS) is 17.2. The van der Waals surface area contributed by atoms with Gasteiger partial charge in [-0.15, -0.1) is 0 Å². The zero-order valence-electron chi connectivity index (χ0n) is 24.1. The van der Waals surface area contributed by atoms with Crippen LogP contribution in [0.3, 0.4) is 0 Å². The topological polar surface area (TPSA) is 88.2 Å². The maximum absolute atomic E-state index is 13.2. The van der Waals surface area contributed by atoms with Crippen molar-refractivity contribution >= 4 is 29.5 Å². The predicted molar refractivity (Wildman–Crippen MR) is 159 cm³/mol. The van der Waals surface area contributed by atoms with E-state index in [0.29, 0.717) is 46.9 Å². The van der Waals surface area contributed by atoms with Gasteiger partial charge in [0, 0.05) is 42.8 Å². The van der Waals surface area contributed by atoms with Gasteiger partial charge in [-0.2, -0.15) is 0 Å². The largest absolute Gasteiger partial charge is 0.462 e. The van der Waals surface area contributed by atoms with Gasteiger partial charge >= 0.3 is 12.0 Å². The molecule has 1 atom stereocenters. The van der Waals surface area contributed by atoms with E-state index in [4.69, 9.17) is 21.1 Å². The van der Waals surface area contributed by atoms with E-state index in [1.165, 1.54) is 6.42 Å². The highest BCUT2D eigenvalue weighted by atomic mass is 35.5. The summed E-state index contributed by atoms with van der Waals surface area (Å²) in [6.07, 6.45) is 6.60. The van der Waals surface area contributed by atoms with Crippen LogP contribution < -0.4 is 10.1 Å². The smallest absolute Gasteiger partial charge is 0.338 e. The predicted octanol–water partition coefficient (Wildman–Crippen LogP) is 6.63. The molecule has 8 nitrogen and oxygen atoms in total. The summed E-state index contributed by atoms with van der Waals surface area (Å²) in [5, 5.41) is 3.31. The maximum Gasteiger partial charge on any atom is 0.338 e. The van der Waals surface area contributed by atoms with E-state index in [1.807, 2.05) is 18.2 Å². The number of urea groups is 1. The van der Waals surface area contributed by atoms with Crippen molar-refractivity contribution in [1.29, 1.82) is 0 Å². The molecule has 41 heavy (non-hydrogen) atoms. The van der Waals surface area contributed by atoms with E-state index in [2.05, 4.69) is 11.4 Å². The summed E-state index contributed by atoms with van der Waals surface area (Å²) < 4.78 is 11.5. The molecule has 2 aromatic rings. The first kappa shape index (κ1) is 30.2. The van der Waals surface area contributed by atoms with Crippen LogP contribution in [-0.2, 0) is 9.53 Å². The zero-order chi connectivity index (χ0) is 29.5. The number of halogens is 1. The number of hydrogen-bond donors (Lipinski definition) is 1. The van der Waals surface area contributed by atoms with Crippen LogP contribution in [0.5, 0.6) is 5.75 Å². The Morgan fingerprint density at radius 3 is 2.56 bits per heavy atom. The lowest BCUT2D eigenvalue weighted by Gasteiger charge is -2.38.